The molecule has 1 amide bonds. The van der Waals surface area contributed by atoms with Gasteiger partial charge in [-0.1, -0.05) is 35.5 Å². The monoisotopic (exact) mass is 444 g/mol. The molecule has 0 aliphatic carbocycles. The lowest BCUT2D eigenvalue weighted by molar-refractivity contribution is 0.121. The van der Waals surface area contributed by atoms with Crippen LogP contribution in [0.1, 0.15) is 31.2 Å². The van der Waals surface area contributed by atoms with Crippen molar-refractivity contribution in [2.24, 2.45) is 7.05 Å². The molecule has 0 unspecified atom stereocenters. The molecule has 0 aliphatic rings. The van der Waals surface area contributed by atoms with E-state index < -0.39 is 22.2 Å². The SMILES string of the molecule is CCS(=O)(=O)Nc1ccc(-c2nnn(C)c2NC(=O)O[C@H](C)c2ccccc2)nc1C. The molecule has 0 aliphatic heterocycles. The van der Waals surface area contributed by atoms with Crippen molar-refractivity contribution in [3.63, 3.8) is 0 Å². The van der Waals surface area contributed by atoms with Crippen LogP contribution in [0.15, 0.2) is 42.5 Å². The van der Waals surface area contributed by atoms with Crippen molar-refractivity contribution in [1.29, 1.82) is 0 Å². The number of ether oxygens (including phenoxy) is 1. The number of hydrogen-bond acceptors (Lipinski definition) is 7. The number of nitrogens with one attached hydrogen (secondary N) is 2. The molecule has 1 aromatic carbocycles. The number of pyridine rings is 1. The Balaban J connectivity index is 1.79. The minimum absolute atomic E-state index is 0.0457. The van der Waals surface area contributed by atoms with E-state index in [9.17, 15) is 13.2 Å². The second-order valence-electron chi connectivity index (χ2n) is 6.83. The van der Waals surface area contributed by atoms with E-state index in [4.69, 9.17) is 4.74 Å². The molecule has 0 fully saturated rings. The molecule has 0 saturated carbocycles. The quantitative estimate of drug-likeness (QED) is 0.572. The summed E-state index contributed by atoms with van der Waals surface area (Å²) in [6.45, 7) is 5.00. The Morgan fingerprint density at radius 2 is 1.90 bits per heavy atom. The third-order valence-corrected chi connectivity index (χ3v) is 5.86. The first kappa shape index (κ1) is 22.2. The molecule has 0 spiro atoms. The summed E-state index contributed by atoms with van der Waals surface area (Å²) < 4.78 is 33.0. The van der Waals surface area contributed by atoms with E-state index in [1.54, 1.807) is 40.0 Å². The lowest BCUT2D eigenvalue weighted by atomic mass is 10.1. The molecule has 3 aromatic rings. The van der Waals surface area contributed by atoms with Crippen molar-refractivity contribution in [2.75, 3.05) is 15.8 Å². The maximum absolute atomic E-state index is 12.4. The van der Waals surface area contributed by atoms with Crippen molar-refractivity contribution in [3.05, 3.63) is 53.7 Å². The van der Waals surface area contributed by atoms with Gasteiger partial charge in [0, 0.05) is 7.05 Å². The first-order chi connectivity index (χ1) is 14.7. The molecular weight excluding hydrogens is 420 g/mol. The van der Waals surface area contributed by atoms with Gasteiger partial charge in [0.05, 0.1) is 22.8 Å². The zero-order valence-electron chi connectivity index (χ0n) is 17.7. The summed E-state index contributed by atoms with van der Waals surface area (Å²) in [5, 5.41) is 10.7. The van der Waals surface area contributed by atoms with Crippen molar-refractivity contribution in [1.82, 2.24) is 20.0 Å². The predicted molar refractivity (Wildman–Crippen MR) is 117 cm³/mol. The van der Waals surface area contributed by atoms with Crippen LogP contribution in [0.4, 0.5) is 16.3 Å². The van der Waals surface area contributed by atoms with E-state index >= 15 is 0 Å². The van der Waals surface area contributed by atoms with Gasteiger partial charge in [-0.25, -0.2) is 22.9 Å². The Hall–Kier alpha value is -3.47. The Bertz CT molecular complexity index is 1180. The molecule has 0 radical (unpaired) electrons. The van der Waals surface area contributed by atoms with Crippen LogP contribution in [0.5, 0.6) is 0 Å². The summed E-state index contributed by atoms with van der Waals surface area (Å²) in [4.78, 5) is 16.9. The van der Waals surface area contributed by atoms with Crippen LogP contribution in [-0.2, 0) is 21.8 Å². The summed E-state index contributed by atoms with van der Waals surface area (Å²) in [5.41, 5.74) is 2.46. The molecule has 0 saturated heterocycles. The Labute approximate surface area is 180 Å². The van der Waals surface area contributed by atoms with Gasteiger partial charge in [0.15, 0.2) is 11.5 Å². The highest BCUT2D eigenvalue weighted by Crippen LogP contribution is 2.27. The van der Waals surface area contributed by atoms with E-state index in [0.29, 0.717) is 28.6 Å². The zero-order chi connectivity index (χ0) is 22.6. The van der Waals surface area contributed by atoms with Gasteiger partial charge in [0.1, 0.15) is 6.10 Å². The average molecular weight is 445 g/mol. The number of amides is 1. The van der Waals surface area contributed by atoms with E-state index in [1.165, 1.54) is 4.68 Å². The first-order valence-corrected chi connectivity index (χ1v) is 11.3. The number of benzene rings is 1. The topological polar surface area (TPSA) is 128 Å². The number of rotatable bonds is 7. The van der Waals surface area contributed by atoms with Crippen molar-refractivity contribution in [2.45, 2.75) is 26.9 Å². The lowest BCUT2D eigenvalue weighted by Crippen LogP contribution is -2.18. The number of carbonyl (C=O) groups excluding carboxylic acids is 1. The van der Waals surface area contributed by atoms with Gasteiger partial charge in [-0.15, -0.1) is 5.10 Å². The van der Waals surface area contributed by atoms with Crippen LogP contribution in [-0.4, -0.2) is 40.2 Å². The fourth-order valence-electron chi connectivity index (χ4n) is 2.79. The summed E-state index contributed by atoms with van der Waals surface area (Å²) in [6, 6.07) is 12.6. The standard InChI is InChI=1S/C20H24N6O4S/c1-5-31(28,29)24-16-11-12-17(21-13(16)2)18-19(26(4)25-23-18)22-20(27)30-14(3)15-9-7-6-8-10-15/h6-12,14,24H,5H2,1-4H3,(H,22,27)/t14-/m1/s1. The van der Waals surface area contributed by atoms with Gasteiger partial charge in [0.2, 0.25) is 10.0 Å². The van der Waals surface area contributed by atoms with Gasteiger partial charge in [-0.3, -0.25) is 10.0 Å². The fraction of sp³-hybridized carbons (Fsp3) is 0.300. The summed E-state index contributed by atoms with van der Waals surface area (Å²) in [6.07, 6.45) is -1.11. The van der Waals surface area contributed by atoms with E-state index in [2.05, 4.69) is 25.3 Å². The summed E-state index contributed by atoms with van der Waals surface area (Å²) >= 11 is 0. The van der Waals surface area contributed by atoms with E-state index in [0.717, 1.165) is 5.56 Å². The van der Waals surface area contributed by atoms with Gasteiger partial charge in [-0.2, -0.15) is 0 Å². The Morgan fingerprint density at radius 1 is 1.19 bits per heavy atom. The van der Waals surface area contributed by atoms with Crippen LogP contribution in [0.3, 0.4) is 0 Å². The largest absolute Gasteiger partial charge is 0.441 e. The fourth-order valence-corrected chi connectivity index (χ4v) is 3.48. The molecule has 11 heteroatoms. The molecule has 10 nitrogen and oxygen atoms in total. The maximum Gasteiger partial charge on any atom is 0.413 e. The molecule has 31 heavy (non-hydrogen) atoms. The predicted octanol–water partition coefficient (Wildman–Crippen LogP) is 3.26. The van der Waals surface area contributed by atoms with Gasteiger partial charge in [0.25, 0.3) is 0 Å². The number of hydrogen-bond donors (Lipinski definition) is 2. The van der Waals surface area contributed by atoms with Crippen molar-refractivity contribution >= 4 is 27.6 Å². The van der Waals surface area contributed by atoms with Gasteiger partial charge in [-0.05, 0) is 38.5 Å². The molecule has 2 heterocycles. The highest BCUT2D eigenvalue weighted by Gasteiger charge is 2.20. The maximum atomic E-state index is 12.4. The van der Waals surface area contributed by atoms with Crippen LogP contribution in [0.2, 0.25) is 0 Å². The molecule has 0 bridgehead atoms. The van der Waals surface area contributed by atoms with Crippen LogP contribution in [0.25, 0.3) is 11.4 Å². The minimum Gasteiger partial charge on any atom is -0.441 e. The first-order valence-electron chi connectivity index (χ1n) is 9.61. The van der Waals surface area contributed by atoms with E-state index in [-0.39, 0.29) is 5.75 Å². The Morgan fingerprint density at radius 3 is 2.55 bits per heavy atom. The molecule has 1 atom stereocenters. The van der Waals surface area contributed by atoms with Crippen LogP contribution >= 0.6 is 0 Å². The van der Waals surface area contributed by atoms with Crippen molar-refractivity contribution < 1.29 is 17.9 Å². The number of aromatic nitrogens is 4. The van der Waals surface area contributed by atoms with Gasteiger partial charge >= 0.3 is 6.09 Å². The minimum atomic E-state index is -3.42. The number of carbonyl (C=O) groups is 1. The van der Waals surface area contributed by atoms with Gasteiger partial charge < -0.3 is 4.74 Å². The summed E-state index contributed by atoms with van der Waals surface area (Å²) in [7, 11) is -1.79. The number of aryl methyl sites for hydroxylation is 2. The Kier molecular flexibility index (Phi) is 6.54. The molecule has 2 aromatic heterocycles. The van der Waals surface area contributed by atoms with E-state index in [1.807, 2.05) is 30.3 Å². The zero-order valence-corrected chi connectivity index (χ0v) is 18.5. The molecule has 3 rings (SSSR count). The number of anilines is 2. The molecule has 164 valence electrons. The third-order valence-electron chi connectivity index (χ3n) is 4.57. The van der Waals surface area contributed by atoms with Crippen molar-refractivity contribution in [3.8, 4) is 11.4 Å². The highest BCUT2D eigenvalue weighted by atomic mass is 32.2. The second kappa shape index (κ2) is 9.13. The summed E-state index contributed by atoms with van der Waals surface area (Å²) in [5.74, 6) is 0.259. The average Bonchev–Trinajstić information content (AvgIpc) is 3.10. The highest BCUT2D eigenvalue weighted by molar-refractivity contribution is 7.92. The van der Waals surface area contributed by atoms with Crippen LogP contribution in [0, 0.1) is 6.92 Å². The smallest absolute Gasteiger partial charge is 0.413 e. The second-order valence-corrected chi connectivity index (χ2v) is 8.84. The third kappa shape index (κ3) is 5.37. The molecule has 2 N–H and O–H groups in total. The number of nitrogens with zero attached hydrogens (tertiary/aromatic N) is 4. The lowest BCUT2D eigenvalue weighted by Gasteiger charge is -2.14. The number of sulfonamides is 1. The normalized spacial score (nSPS) is 12.3. The van der Waals surface area contributed by atoms with Crippen LogP contribution < -0.4 is 10.0 Å². The molecular formula is C20H24N6O4S.